The van der Waals surface area contributed by atoms with Gasteiger partial charge < -0.3 is 0 Å². The Labute approximate surface area is 200 Å². The van der Waals surface area contributed by atoms with Crippen LogP contribution in [0.15, 0.2) is 85.3 Å². The number of pyridine rings is 3. The van der Waals surface area contributed by atoms with Crippen molar-refractivity contribution in [3.63, 3.8) is 0 Å². The van der Waals surface area contributed by atoms with E-state index in [9.17, 15) is 0 Å². The van der Waals surface area contributed by atoms with Gasteiger partial charge in [-0.25, -0.2) is 9.97 Å². The summed E-state index contributed by atoms with van der Waals surface area (Å²) in [6.07, 6.45) is 7.52. The summed E-state index contributed by atoms with van der Waals surface area (Å²) in [6, 6.07) is 24.3. The van der Waals surface area contributed by atoms with E-state index in [1.807, 2.05) is 30.7 Å². The largest absolute Gasteiger partial charge is 0.274 e. The third-order valence-electron chi connectivity index (χ3n) is 8.03. The summed E-state index contributed by atoms with van der Waals surface area (Å²) in [5.41, 5.74) is 15.1. The third kappa shape index (κ3) is 2.11. The molecule has 4 aromatic heterocycles. The molecule has 162 valence electrons. The van der Waals surface area contributed by atoms with Crippen LogP contribution < -0.4 is 0 Å². The first kappa shape index (κ1) is 17.8. The van der Waals surface area contributed by atoms with Gasteiger partial charge in [-0.05, 0) is 80.9 Å². The zero-order valence-corrected chi connectivity index (χ0v) is 18.8. The third-order valence-corrected chi connectivity index (χ3v) is 8.03. The van der Waals surface area contributed by atoms with E-state index in [1.165, 1.54) is 55.3 Å². The zero-order chi connectivity index (χ0) is 22.7. The molecule has 0 unspecified atom stereocenters. The fourth-order valence-electron chi connectivity index (χ4n) is 6.56. The highest BCUT2D eigenvalue weighted by atomic mass is 15.1. The number of fused-ring (bicyclic) bond motifs is 16. The maximum Gasteiger partial charge on any atom is 0.147 e. The molecule has 9 rings (SSSR count). The van der Waals surface area contributed by atoms with Crippen molar-refractivity contribution < 1.29 is 0 Å². The molecule has 4 heterocycles. The minimum absolute atomic E-state index is 0.928. The van der Waals surface area contributed by atoms with Crippen LogP contribution in [0, 0.1) is 0 Å². The standard InChI is InChI=1S/C31H18N4/c1-2-5-18-17(4-1)14-24-19(18)7-8-20-21-9-10-22-23-6-3-12-33-30(23)35-28-16-32-13-11-27(28)34-31(35)29(22)26(21)15-25(20)24/h1-13,16H,14-15H2. The van der Waals surface area contributed by atoms with Gasteiger partial charge in [-0.15, -0.1) is 0 Å². The van der Waals surface area contributed by atoms with E-state index in [0.717, 1.165) is 40.6 Å². The first-order chi connectivity index (χ1) is 17.4. The van der Waals surface area contributed by atoms with Crippen LogP contribution in [-0.4, -0.2) is 19.4 Å². The molecule has 0 atom stereocenters. The minimum atomic E-state index is 0.928. The SMILES string of the molecule is c1ccc2c(c1)Cc1c-2ccc2c1Cc1c-2ccc2c3cccnc3n3c4cnccc4nc3c12. The van der Waals surface area contributed by atoms with E-state index in [0.29, 0.717) is 0 Å². The van der Waals surface area contributed by atoms with E-state index < -0.39 is 0 Å². The lowest BCUT2D eigenvalue weighted by Crippen LogP contribution is -1.97. The van der Waals surface area contributed by atoms with E-state index >= 15 is 0 Å². The van der Waals surface area contributed by atoms with Crippen molar-refractivity contribution >= 4 is 38.5 Å². The molecule has 4 nitrogen and oxygen atoms in total. The fraction of sp³-hybridized carbons (Fsp3) is 0.0645. The number of rotatable bonds is 0. The molecule has 0 saturated heterocycles. The molecule has 4 heteroatoms. The van der Waals surface area contributed by atoms with Crippen LogP contribution in [0.25, 0.3) is 60.7 Å². The molecule has 35 heavy (non-hydrogen) atoms. The maximum atomic E-state index is 5.12. The van der Waals surface area contributed by atoms with Gasteiger partial charge in [-0.3, -0.25) is 9.38 Å². The molecule has 0 fully saturated rings. The van der Waals surface area contributed by atoms with Crippen LogP contribution in [0.5, 0.6) is 0 Å². The first-order valence-corrected chi connectivity index (χ1v) is 12.0. The Hall–Kier alpha value is -4.57. The summed E-state index contributed by atoms with van der Waals surface area (Å²) < 4.78 is 2.20. The predicted octanol–water partition coefficient (Wildman–Crippen LogP) is 6.73. The number of aromatic nitrogens is 4. The minimum Gasteiger partial charge on any atom is -0.274 e. The Morgan fingerprint density at radius 3 is 2.43 bits per heavy atom. The lowest BCUT2D eigenvalue weighted by molar-refractivity contribution is 1.17. The van der Waals surface area contributed by atoms with Crippen LogP contribution >= 0.6 is 0 Å². The molecule has 2 aliphatic rings. The highest BCUT2D eigenvalue weighted by molar-refractivity contribution is 6.16. The topological polar surface area (TPSA) is 43.1 Å². The highest BCUT2D eigenvalue weighted by Gasteiger charge is 2.30. The van der Waals surface area contributed by atoms with E-state index in [1.54, 1.807) is 0 Å². The molecule has 0 saturated carbocycles. The van der Waals surface area contributed by atoms with Crippen molar-refractivity contribution in [3.8, 4) is 22.3 Å². The van der Waals surface area contributed by atoms with Gasteiger partial charge in [0.25, 0.3) is 0 Å². The van der Waals surface area contributed by atoms with Crippen LogP contribution in [0.1, 0.15) is 22.3 Å². The second-order valence-electron chi connectivity index (χ2n) is 9.65. The molecular formula is C31H18N4. The average Bonchev–Trinajstić information content (AvgIpc) is 3.59. The normalized spacial score (nSPS) is 13.5. The quantitative estimate of drug-likeness (QED) is 0.243. The van der Waals surface area contributed by atoms with Gasteiger partial charge in [-0.1, -0.05) is 48.5 Å². The van der Waals surface area contributed by atoms with Gasteiger partial charge in [0.15, 0.2) is 0 Å². The first-order valence-electron chi connectivity index (χ1n) is 12.0. The highest BCUT2D eigenvalue weighted by Crippen LogP contribution is 2.49. The summed E-state index contributed by atoms with van der Waals surface area (Å²) in [5, 5.41) is 3.60. The van der Waals surface area contributed by atoms with Gasteiger partial charge in [-0.2, -0.15) is 0 Å². The summed E-state index contributed by atoms with van der Waals surface area (Å²) >= 11 is 0. The van der Waals surface area contributed by atoms with Crippen molar-refractivity contribution in [3.05, 3.63) is 108 Å². The number of imidazole rings is 1. The maximum absolute atomic E-state index is 5.12. The summed E-state index contributed by atoms with van der Waals surface area (Å²) in [4.78, 5) is 14.3. The molecule has 0 aliphatic heterocycles. The predicted molar refractivity (Wildman–Crippen MR) is 140 cm³/mol. The Bertz CT molecular complexity index is 2070. The smallest absolute Gasteiger partial charge is 0.147 e. The van der Waals surface area contributed by atoms with Gasteiger partial charge in [0.2, 0.25) is 0 Å². The molecule has 0 radical (unpaired) electrons. The molecule has 0 amide bonds. The fourth-order valence-corrected chi connectivity index (χ4v) is 6.56. The van der Waals surface area contributed by atoms with Crippen LogP contribution in [0.2, 0.25) is 0 Å². The molecule has 3 aromatic carbocycles. The molecule has 0 N–H and O–H groups in total. The van der Waals surface area contributed by atoms with Crippen LogP contribution in [0.3, 0.4) is 0 Å². The second kappa shape index (κ2) is 6.10. The lowest BCUT2D eigenvalue weighted by atomic mass is 9.96. The molecular weight excluding hydrogens is 428 g/mol. The van der Waals surface area contributed by atoms with Crippen molar-refractivity contribution in [2.45, 2.75) is 12.8 Å². The summed E-state index contributed by atoms with van der Waals surface area (Å²) in [7, 11) is 0. The Balaban J connectivity index is 1.41. The molecule has 2 aliphatic carbocycles. The molecule has 0 bridgehead atoms. The Kier molecular flexibility index (Phi) is 3.11. The zero-order valence-electron chi connectivity index (χ0n) is 18.8. The summed E-state index contributed by atoms with van der Waals surface area (Å²) in [5.74, 6) is 0. The van der Waals surface area contributed by atoms with Crippen molar-refractivity contribution in [2.24, 2.45) is 0 Å². The van der Waals surface area contributed by atoms with E-state index in [4.69, 9.17) is 9.97 Å². The summed E-state index contributed by atoms with van der Waals surface area (Å²) in [6.45, 7) is 0. The average molecular weight is 447 g/mol. The van der Waals surface area contributed by atoms with Crippen molar-refractivity contribution in [1.29, 1.82) is 0 Å². The van der Waals surface area contributed by atoms with Crippen molar-refractivity contribution in [1.82, 2.24) is 19.4 Å². The number of benzene rings is 3. The van der Waals surface area contributed by atoms with Gasteiger partial charge in [0.1, 0.15) is 11.3 Å². The number of hydrogen-bond donors (Lipinski definition) is 0. The molecule has 7 aromatic rings. The van der Waals surface area contributed by atoms with E-state index in [2.05, 4.69) is 64.0 Å². The molecule has 0 spiro atoms. The monoisotopic (exact) mass is 446 g/mol. The van der Waals surface area contributed by atoms with Gasteiger partial charge in [0, 0.05) is 23.2 Å². The Morgan fingerprint density at radius 2 is 1.46 bits per heavy atom. The van der Waals surface area contributed by atoms with Crippen molar-refractivity contribution in [2.75, 3.05) is 0 Å². The Morgan fingerprint density at radius 1 is 0.629 bits per heavy atom. The van der Waals surface area contributed by atoms with Gasteiger partial charge in [0.05, 0.1) is 17.2 Å². The number of hydrogen-bond acceptors (Lipinski definition) is 3. The second-order valence-corrected chi connectivity index (χ2v) is 9.65. The van der Waals surface area contributed by atoms with Crippen LogP contribution in [0.4, 0.5) is 0 Å². The van der Waals surface area contributed by atoms with E-state index in [-0.39, 0.29) is 0 Å². The van der Waals surface area contributed by atoms with Gasteiger partial charge >= 0.3 is 0 Å². The number of nitrogens with zero attached hydrogens (tertiary/aromatic N) is 4. The lowest BCUT2D eigenvalue weighted by Gasteiger charge is -2.11. The van der Waals surface area contributed by atoms with Crippen LogP contribution in [-0.2, 0) is 12.8 Å².